The van der Waals surface area contributed by atoms with E-state index < -0.39 is 0 Å². The summed E-state index contributed by atoms with van der Waals surface area (Å²) in [5.41, 5.74) is 6.72. The number of nitrogens with two attached hydrogens (primary N) is 1. The van der Waals surface area contributed by atoms with Gasteiger partial charge in [-0.1, -0.05) is 0 Å². The van der Waals surface area contributed by atoms with Crippen molar-refractivity contribution in [2.45, 2.75) is 19.8 Å². The molecule has 0 saturated heterocycles. The van der Waals surface area contributed by atoms with Gasteiger partial charge in [-0.15, -0.1) is 0 Å². The maximum absolute atomic E-state index is 11.5. The average Bonchev–Trinajstić information content (AvgIpc) is 2.28. The first-order valence-electron chi connectivity index (χ1n) is 5.31. The molecule has 1 aromatic rings. The first kappa shape index (κ1) is 12.4. The molecule has 0 aliphatic carbocycles. The van der Waals surface area contributed by atoms with Gasteiger partial charge in [-0.2, -0.15) is 0 Å². The Morgan fingerprint density at radius 3 is 3.12 bits per heavy atom. The predicted octanol–water partition coefficient (Wildman–Crippen LogP) is 1.42. The maximum Gasteiger partial charge on any atom is 0.224 e. The molecule has 0 radical (unpaired) electrons. The molecule has 1 rings (SSSR count). The predicted molar refractivity (Wildman–Crippen MR) is 63.0 cm³/mol. The highest BCUT2D eigenvalue weighted by molar-refractivity contribution is 5.93. The van der Waals surface area contributed by atoms with E-state index in [-0.39, 0.29) is 5.91 Å². The molecule has 0 unspecified atom stereocenters. The van der Waals surface area contributed by atoms with Crippen molar-refractivity contribution in [3.8, 4) is 0 Å². The highest BCUT2D eigenvalue weighted by Crippen LogP contribution is 2.15. The number of anilines is 2. The van der Waals surface area contributed by atoms with E-state index in [2.05, 4.69) is 10.3 Å². The highest BCUT2D eigenvalue weighted by atomic mass is 16.5. The van der Waals surface area contributed by atoms with Crippen molar-refractivity contribution in [1.29, 1.82) is 0 Å². The zero-order chi connectivity index (χ0) is 11.8. The standard InChI is InChI=1S/C11H17N3O2/c1-2-16-7-3-4-11(15)14-10-5-6-13-8-9(10)12/h5-6,8H,2-4,7,12H2,1H3,(H,13,14,15). The molecule has 16 heavy (non-hydrogen) atoms. The average molecular weight is 223 g/mol. The Balaban J connectivity index is 2.32. The zero-order valence-corrected chi connectivity index (χ0v) is 9.40. The monoisotopic (exact) mass is 223 g/mol. The van der Waals surface area contributed by atoms with E-state index in [4.69, 9.17) is 10.5 Å². The molecular weight excluding hydrogens is 206 g/mol. The minimum atomic E-state index is -0.0578. The molecule has 0 spiro atoms. The topological polar surface area (TPSA) is 77.2 Å². The van der Waals surface area contributed by atoms with Gasteiger partial charge in [0.2, 0.25) is 5.91 Å². The SMILES string of the molecule is CCOCCCC(=O)Nc1ccncc1N. The lowest BCUT2D eigenvalue weighted by Gasteiger charge is -2.07. The molecule has 5 heteroatoms. The highest BCUT2D eigenvalue weighted by Gasteiger charge is 2.04. The fraction of sp³-hybridized carbons (Fsp3) is 0.455. The molecule has 0 atom stereocenters. The van der Waals surface area contributed by atoms with E-state index >= 15 is 0 Å². The number of carbonyl (C=O) groups is 1. The third kappa shape index (κ3) is 4.27. The van der Waals surface area contributed by atoms with Crippen LogP contribution in [0.25, 0.3) is 0 Å². The van der Waals surface area contributed by atoms with E-state index in [1.165, 1.54) is 6.20 Å². The largest absolute Gasteiger partial charge is 0.396 e. The Labute approximate surface area is 95.0 Å². The van der Waals surface area contributed by atoms with Gasteiger partial charge in [-0.3, -0.25) is 9.78 Å². The minimum absolute atomic E-state index is 0.0578. The van der Waals surface area contributed by atoms with Crippen molar-refractivity contribution in [2.24, 2.45) is 0 Å². The molecule has 0 aliphatic rings. The van der Waals surface area contributed by atoms with E-state index in [0.717, 1.165) is 0 Å². The smallest absolute Gasteiger partial charge is 0.224 e. The van der Waals surface area contributed by atoms with Crippen molar-refractivity contribution in [3.05, 3.63) is 18.5 Å². The second-order valence-electron chi connectivity index (χ2n) is 3.31. The van der Waals surface area contributed by atoms with Crippen molar-refractivity contribution in [1.82, 2.24) is 4.98 Å². The van der Waals surface area contributed by atoms with Gasteiger partial charge in [-0.05, 0) is 19.4 Å². The van der Waals surface area contributed by atoms with Crippen LogP contribution < -0.4 is 11.1 Å². The van der Waals surface area contributed by atoms with Crippen LogP contribution in [-0.2, 0) is 9.53 Å². The Hall–Kier alpha value is -1.62. The number of amides is 1. The summed E-state index contributed by atoms with van der Waals surface area (Å²) < 4.78 is 5.14. The Morgan fingerprint density at radius 1 is 1.62 bits per heavy atom. The van der Waals surface area contributed by atoms with Crippen LogP contribution in [0, 0.1) is 0 Å². The summed E-state index contributed by atoms with van der Waals surface area (Å²) >= 11 is 0. The molecule has 0 bridgehead atoms. The van der Waals surface area contributed by atoms with Crippen LogP contribution in [0.15, 0.2) is 18.5 Å². The number of ether oxygens (including phenoxy) is 1. The lowest BCUT2D eigenvalue weighted by Crippen LogP contribution is -2.13. The summed E-state index contributed by atoms with van der Waals surface area (Å²) in [4.78, 5) is 15.3. The number of nitrogens with one attached hydrogen (secondary N) is 1. The van der Waals surface area contributed by atoms with Crippen LogP contribution in [0.3, 0.4) is 0 Å². The first-order chi connectivity index (χ1) is 7.74. The summed E-state index contributed by atoms with van der Waals surface area (Å²) in [6.07, 6.45) is 4.24. The van der Waals surface area contributed by atoms with Crippen molar-refractivity contribution < 1.29 is 9.53 Å². The molecule has 88 valence electrons. The molecule has 0 saturated carbocycles. The van der Waals surface area contributed by atoms with Crippen LogP contribution in [0.1, 0.15) is 19.8 Å². The summed E-state index contributed by atoms with van der Waals surface area (Å²) in [7, 11) is 0. The molecule has 0 aromatic carbocycles. The summed E-state index contributed by atoms with van der Waals surface area (Å²) in [5.74, 6) is -0.0578. The number of hydrogen-bond donors (Lipinski definition) is 2. The third-order valence-corrected chi connectivity index (χ3v) is 2.02. The summed E-state index contributed by atoms with van der Waals surface area (Å²) in [5, 5.41) is 2.73. The summed E-state index contributed by atoms with van der Waals surface area (Å²) in [6.45, 7) is 3.21. The quantitative estimate of drug-likeness (QED) is 0.715. The first-order valence-corrected chi connectivity index (χ1v) is 5.31. The molecule has 0 fully saturated rings. The van der Waals surface area contributed by atoms with Gasteiger partial charge < -0.3 is 15.8 Å². The number of aromatic nitrogens is 1. The van der Waals surface area contributed by atoms with E-state index in [1.54, 1.807) is 12.3 Å². The lowest BCUT2D eigenvalue weighted by molar-refractivity contribution is -0.116. The van der Waals surface area contributed by atoms with Gasteiger partial charge in [0, 0.05) is 25.8 Å². The summed E-state index contributed by atoms with van der Waals surface area (Å²) in [6, 6.07) is 1.68. The van der Waals surface area contributed by atoms with Gasteiger partial charge in [0.15, 0.2) is 0 Å². The van der Waals surface area contributed by atoms with Crippen molar-refractivity contribution in [3.63, 3.8) is 0 Å². The minimum Gasteiger partial charge on any atom is -0.396 e. The number of nitrogens with zero attached hydrogens (tertiary/aromatic N) is 1. The normalized spacial score (nSPS) is 10.1. The Bertz CT molecular complexity index is 342. The molecule has 3 N–H and O–H groups in total. The van der Waals surface area contributed by atoms with Gasteiger partial charge >= 0.3 is 0 Å². The van der Waals surface area contributed by atoms with Crippen LogP contribution in [-0.4, -0.2) is 24.1 Å². The second-order valence-corrected chi connectivity index (χ2v) is 3.31. The molecule has 1 aromatic heterocycles. The van der Waals surface area contributed by atoms with Crippen LogP contribution in [0.5, 0.6) is 0 Å². The Kier molecular flexibility index (Phi) is 5.28. The van der Waals surface area contributed by atoms with Gasteiger partial charge in [-0.25, -0.2) is 0 Å². The second kappa shape index (κ2) is 6.79. The van der Waals surface area contributed by atoms with E-state index in [0.29, 0.717) is 37.4 Å². The molecule has 0 aliphatic heterocycles. The van der Waals surface area contributed by atoms with E-state index in [9.17, 15) is 4.79 Å². The van der Waals surface area contributed by atoms with Crippen LogP contribution >= 0.6 is 0 Å². The number of rotatable bonds is 6. The Morgan fingerprint density at radius 2 is 2.44 bits per heavy atom. The zero-order valence-electron chi connectivity index (χ0n) is 9.40. The van der Waals surface area contributed by atoms with Gasteiger partial charge in [0.05, 0.1) is 17.6 Å². The molecule has 5 nitrogen and oxygen atoms in total. The lowest BCUT2D eigenvalue weighted by atomic mass is 10.3. The third-order valence-electron chi connectivity index (χ3n) is 2.02. The van der Waals surface area contributed by atoms with Crippen LogP contribution in [0.2, 0.25) is 0 Å². The van der Waals surface area contributed by atoms with Gasteiger partial charge in [0.1, 0.15) is 0 Å². The molecule has 1 amide bonds. The number of hydrogen-bond acceptors (Lipinski definition) is 4. The number of pyridine rings is 1. The maximum atomic E-state index is 11.5. The molecule has 1 heterocycles. The molecular formula is C11H17N3O2. The van der Waals surface area contributed by atoms with Gasteiger partial charge in [0.25, 0.3) is 0 Å². The number of nitrogen functional groups attached to an aromatic ring is 1. The van der Waals surface area contributed by atoms with E-state index in [1.807, 2.05) is 6.92 Å². The van der Waals surface area contributed by atoms with Crippen LogP contribution in [0.4, 0.5) is 11.4 Å². The fourth-order valence-electron chi connectivity index (χ4n) is 1.21. The fourth-order valence-corrected chi connectivity index (χ4v) is 1.21. The van der Waals surface area contributed by atoms with Crippen molar-refractivity contribution >= 4 is 17.3 Å². The van der Waals surface area contributed by atoms with Crippen molar-refractivity contribution in [2.75, 3.05) is 24.3 Å². The number of carbonyl (C=O) groups excluding carboxylic acids is 1.